The molecule has 1 aromatic carbocycles. The largest absolute Gasteiger partial charge is 0.466 e. The first-order valence-electron chi connectivity index (χ1n) is 11.1. The molecule has 1 aromatic rings. The van der Waals surface area contributed by atoms with Gasteiger partial charge in [0.05, 0.1) is 19.2 Å². The second kappa shape index (κ2) is 9.08. The fraction of sp³-hybridized carbons (Fsp3) is 0.577. The van der Waals surface area contributed by atoms with Crippen molar-refractivity contribution >= 4 is 17.8 Å². The van der Waals surface area contributed by atoms with E-state index in [1.54, 1.807) is 39.0 Å². The van der Waals surface area contributed by atoms with Crippen LogP contribution in [-0.2, 0) is 24.5 Å². The van der Waals surface area contributed by atoms with E-state index in [2.05, 4.69) is 20.8 Å². The van der Waals surface area contributed by atoms with E-state index in [-0.39, 0.29) is 29.4 Å². The maximum absolute atomic E-state index is 13.7. The summed E-state index contributed by atoms with van der Waals surface area (Å²) in [6.07, 6.45) is 1.89. The lowest BCUT2D eigenvalue weighted by Crippen LogP contribution is -2.56. The Morgan fingerprint density at radius 3 is 2.03 bits per heavy atom. The Kier molecular flexibility index (Phi) is 7.28. The highest BCUT2D eigenvalue weighted by Crippen LogP contribution is 2.37. The monoisotopic (exact) mass is 443 g/mol. The van der Waals surface area contributed by atoms with Crippen LogP contribution in [0, 0.1) is 5.92 Å². The van der Waals surface area contributed by atoms with Crippen LogP contribution in [0.15, 0.2) is 35.9 Å². The Morgan fingerprint density at radius 1 is 1.03 bits per heavy atom. The highest BCUT2D eigenvalue weighted by Gasteiger charge is 2.52. The van der Waals surface area contributed by atoms with Crippen LogP contribution in [0.5, 0.6) is 0 Å². The Labute approximate surface area is 192 Å². The molecule has 0 fully saturated rings. The van der Waals surface area contributed by atoms with E-state index in [0.29, 0.717) is 12.0 Å². The van der Waals surface area contributed by atoms with Crippen LogP contribution in [0.2, 0.25) is 0 Å². The van der Waals surface area contributed by atoms with E-state index in [0.717, 1.165) is 5.56 Å². The number of amides is 1. The summed E-state index contributed by atoms with van der Waals surface area (Å²) in [6.45, 7) is 15.6. The first kappa shape index (κ1) is 25.6. The number of hydrogen-bond acceptors (Lipinski definition) is 5. The van der Waals surface area contributed by atoms with Gasteiger partial charge in [-0.1, -0.05) is 46.8 Å². The van der Waals surface area contributed by atoms with Crippen molar-refractivity contribution in [3.05, 3.63) is 47.0 Å². The summed E-state index contributed by atoms with van der Waals surface area (Å²) in [5, 5.41) is 0. The molecule has 176 valence electrons. The average molecular weight is 444 g/mol. The summed E-state index contributed by atoms with van der Waals surface area (Å²) in [5.41, 5.74) is -0.346. The van der Waals surface area contributed by atoms with Gasteiger partial charge in [0.1, 0.15) is 5.60 Å². The van der Waals surface area contributed by atoms with Gasteiger partial charge in [0, 0.05) is 5.56 Å². The molecule has 6 heteroatoms. The van der Waals surface area contributed by atoms with Crippen LogP contribution in [0.1, 0.15) is 77.7 Å². The van der Waals surface area contributed by atoms with E-state index in [9.17, 15) is 14.4 Å². The molecule has 0 N–H and O–H groups in total. The maximum atomic E-state index is 13.7. The minimum atomic E-state index is -1.38. The van der Waals surface area contributed by atoms with Crippen molar-refractivity contribution in [3.63, 3.8) is 0 Å². The van der Waals surface area contributed by atoms with Crippen molar-refractivity contribution in [2.24, 2.45) is 5.92 Å². The van der Waals surface area contributed by atoms with E-state index in [1.165, 1.54) is 12.0 Å². The van der Waals surface area contributed by atoms with Crippen LogP contribution in [0.4, 0.5) is 0 Å². The summed E-state index contributed by atoms with van der Waals surface area (Å²) >= 11 is 0. The van der Waals surface area contributed by atoms with Gasteiger partial charge < -0.3 is 14.4 Å². The van der Waals surface area contributed by atoms with Crippen LogP contribution < -0.4 is 0 Å². The fourth-order valence-electron chi connectivity index (χ4n) is 3.91. The minimum Gasteiger partial charge on any atom is -0.466 e. The topological polar surface area (TPSA) is 72.9 Å². The molecule has 1 heterocycles. The van der Waals surface area contributed by atoms with Gasteiger partial charge in [-0.25, -0.2) is 9.59 Å². The van der Waals surface area contributed by atoms with Crippen LogP contribution >= 0.6 is 0 Å². The maximum Gasteiger partial charge on any atom is 0.336 e. The van der Waals surface area contributed by atoms with Crippen molar-refractivity contribution < 1.29 is 23.9 Å². The van der Waals surface area contributed by atoms with Crippen LogP contribution in [0.3, 0.4) is 0 Å². The zero-order valence-corrected chi connectivity index (χ0v) is 20.9. The molecule has 0 aliphatic carbocycles. The quantitative estimate of drug-likeness (QED) is 0.619. The van der Waals surface area contributed by atoms with Gasteiger partial charge in [-0.3, -0.25) is 4.79 Å². The molecule has 1 aliphatic heterocycles. The van der Waals surface area contributed by atoms with Crippen molar-refractivity contribution in [3.8, 4) is 0 Å². The number of methoxy groups -OCH3 is 1. The third-order valence-electron chi connectivity index (χ3n) is 5.39. The summed E-state index contributed by atoms with van der Waals surface area (Å²) < 4.78 is 10.6. The van der Waals surface area contributed by atoms with Crippen molar-refractivity contribution in [2.75, 3.05) is 13.7 Å². The van der Waals surface area contributed by atoms with Crippen LogP contribution in [-0.4, -0.2) is 47.5 Å². The van der Waals surface area contributed by atoms with Crippen LogP contribution in [0.25, 0.3) is 0 Å². The number of ether oxygens (including phenoxy) is 2. The Bertz CT molecular complexity index is 900. The number of nitrogens with zero attached hydrogens (tertiary/aromatic N) is 1. The normalized spacial score (nSPS) is 19.1. The zero-order valence-electron chi connectivity index (χ0n) is 20.9. The molecule has 0 spiro atoms. The van der Waals surface area contributed by atoms with Crippen molar-refractivity contribution in [2.45, 2.75) is 78.4 Å². The molecule has 0 bridgehead atoms. The Morgan fingerprint density at radius 2 is 1.59 bits per heavy atom. The Hall–Kier alpha value is -2.63. The molecule has 1 atom stereocenters. The molecular weight excluding hydrogens is 406 g/mol. The second-order valence-electron chi connectivity index (χ2n) is 10.9. The molecule has 0 unspecified atom stereocenters. The average Bonchev–Trinajstić information content (AvgIpc) is 3.05. The molecule has 2 rings (SSSR count). The molecule has 1 amide bonds. The van der Waals surface area contributed by atoms with Gasteiger partial charge in [-0.2, -0.15) is 0 Å². The number of rotatable bonds is 5. The number of carbonyl (C=O) groups is 3. The number of carbonyl (C=O) groups excluding carboxylic acids is 3. The van der Waals surface area contributed by atoms with E-state index in [4.69, 9.17) is 9.47 Å². The lowest BCUT2D eigenvalue weighted by Gasteiger charge is -2.38. The van der Waals surface area contributed by atoms with E-state index < -0.39 is 23.1 Å². The third kappa shape index (κ3) is 5.59. The fourth-order valence-corrected chi connectivity index (χ4v) is 3.91. The molecule has 6 nitrogen and oxygen atoms in total. The van der Waals surface area contributed by atoms with Gasteiger partial charge in [-0.05, 0) is 62.3 Å². The van der Waals surface area contributed by atoms with Gasteiger partial charge in [0.2, 0.25) is 0 Å². The summed E-state index contributed by atoms with van der Waals surface area (Å²) in [6, 6.07) is 7.40. The van der Waals surface area contributed by atoms with Crippen molar-refractivity contribution in [1.82, 2.24) is 4.90 Å². The zero-order chi connectivity index (χ0) is 24.5. The predicted molar refractivity (Wildman–Crippen MR) is 124 cm³/mol. The third-order valence-corrected chi connectivity index (χ3v) is 5.39. The standard InChI is InChI=1S/C26H37NO5/c1-17(2)14-26(23(30)32-25(6,7)8)15-19(22(29)31-9)16-27(26)21(28)18-10-12-20(13-11-18)24(3,4)5/h10-13,15,17H,14,16H2,1-9H3/t26-/m0/s1. The minimum absolute atomic E-state index is 0.0154. The van der Waals surface area contributed by atoms with Gasteiger partial charge in [-0.15, -0.1) is 0 Å². The lowest BCUT2D eigenvalue weighted by atomic mass is 9.86. The number of esters is 2. The molecular formula is C26H37NO5. The van der Waals surface area contributed by atoms with Gasteiger partial charge >= 0.3 is 11.9 Å². The molecule has 1 aliphatic rings. The number of benzene rings is 1. The predicted octanol–water partition coefficient (Wildman–Crippen LogP) is 4.67. The SMILES string of the molecule is COC(=O)C1=C[C@@](CC(C)C)(C(=O)OC(C)(C)C)N(C(=O)c2ccc(C(C)(C)C)cc2)C1. The van der Waals surface area contributed by atoms with Crippen molar-refractivity contribution in [1.29, 1.82) is 0 Å². The molecule has 0 aromatic heterocycles. The van der Waals surface area contributed by atoms with E-state index in [1.807, 2.05) is 26.0 Å². The molecule has 0 saturated carbocycles. The van der Waals surface area contributed by atoms with E-state index >= 15 is 0 Å². The molecule has 0 saturated heterocycles. The highest BCUT2D eigenvalue weighted by molar-refractivity contribution is 6.03. The first-order chi connectivity index (χ1) is 14.6. The van der Waals surface area contributed by atoms with Gasteiger partial charge in [0.15, 0.2) is 5.54 Å². The first-order valence-corrected chi connectivity index (χ1v) is 11.1. The second-order valence-corrected chi connectivity index (χ2v) is 10.9. The van der Waals surface area contributed by atoms with Gasteiger partial charge in [0.25, 0.3) is 5.91 Å². The molecule has 32 heavy (non-hydrogen) atoms. The molecule has 0 radical (unpaired) electrons. The number of hydrogen-bond donors (Lipinski definition) is 0. The summed E-state index contributed by atoms with van der Waals surface area (Å²) in [7, 11) is 1.29. The lowest BCUT2D eigenvalue weighted by molar-refractivity contribution is -0.165. The smallest absolute Gasteiger partial charge is 0.336 e. The summed E-state index contributed by atoms with van der Waals surface area (Å²) in [4.78, 5) is 41.0. The Balaban J connectivity index is 2.56. The summed E-state index contributed by atoms with van der Waals surface area (Å²) in [5.74, 6) is -1.36. The highest BCUT2D eigenvalue weighted by atomic mass is 16.6.